The molecule has 3 aromatic rings. The number of carbonyl (C=O) groups is 1. The number of hydrogen-bond donors (Lipinski definition) is 0. The summed E-state index contributed by atoms with van der Waals surface area (Å²) >= 11 is 1.41. The Labute approximate surface area is 180 Å². The van der Waals surface area contributed by atoms with Crippen LogP contribution in [0.3, 0.4) is 0 Å². The number of para-hydroxylation sites is 2. The van der Waals surface area contributed by atoms with Gasteiger partial charge in [0.1, 0.15) is 5.82 Å². The van der Waals surface area contributed by atoms with Crippen molar-refractivity contribution in [2.45, 2.75) is 42.5 Å². The number of hydrogen-bond acceptors (Lipinski definition) is 5. The van der Waals surface area contributed by atoms with Crippen LogP contribution >= 0.6 is 11.8 Å². The molecule has 1 saturated carbocycles. The Bertz CT molecular complexity index is 1040. The molecule has 1 aromatic heterocycles. The molecule has 1 atom stereocenters. The van der Waals surface area contributed by atoms with E-state index in [4.69, 9.17) is 5.26 Å². The van der Waals surface area contributed by atoms with Crippen molar-refractivity contribution in [1.82, 2.24) is 14.8 Å². The zero-order chi connectivity index (χ0) is 20.9. The minimum Gasteiger partial charge on any atom is -0.310 e. The van der Waals surface area contributed by atoms with Crippen LogP contribution in [-0.2, 0) is 4.79 Å². The zero-order valence-electron chi connectivity index (χ0n) is 16.8. The third kappa shape index (κ3) is 4.39. The van der Waals surface area contributed by atoms with E-state index in [-0.39, 0.29) is 17.6 Å². The van der Waals surface area contributed by atoms with E-state index in [2.05, 4.69) is 20.8 Å². The van der Waals surface area contributed by atoms with E-state index in [0.717, 1.165) is 35.2 Å². The maximum Gasteiger partial charge on any atom is 0.240 e. The van der Waals surface area contributed by atoms with E-state index in [9.17, 15) is 4.79 Å². The summed E-state index contributed by atoms with van der Waals surface area (Å²) in [6, 6.07) is 21.7. The van der Waals surface area contributed by atoms with E-state index >= 15 is 0 Å². The van der Waals surface area contributed by atoms with Crippen LogP contribution in [0.1, 0.15) is 37.9 Å². The van der Waals surface area contributed by atoms with Gasteiger partial charge in [0.15, 0.2) is 5.16 Å². The second-order valence-corrected chi connectivity index (χ2v) is 8.59. The van der Waals surface area contributed by atoms with Crippen molar-refractivity contribution >= 4 is 23.4 Å². The number of benzene rings is 2. The molecule has 1 unspecified atom stereocenters. The number of nitriles is 1. The van der Waals surface area contributed by atoms with Crippen LogP contribution in [0.25, 0.3) is 5.69 Å². The second-order valence-electron chi connectivity index (χ2n) is 7.28. The van der Waals surface area contributed by atoms with E-state index in [1.807, 2.05) is 67.6 Å². The molecule has 0 N–H and O–H groups in total. The van der Waals surface area contributed by atoms with Crippen LogP contribution in [0.4, 0.5) is 5.69 Å². The molecule has 4 rings (SSSR count). The second kappa shape index (κ2) is 9.14. The molecule has 0 saturated heterocycles. The smallest absolute Gasteiger partial charge is 0.240 e. The van der Waals surface area contributed by atoms with Crippen LogP contribution in [0.5, 0.6) is 0 Å². The summed E-state index contributed by atoms with van der Waals surface area (Å²) in [6.07, 6.45) is 2.53. The van der Waals surface area contributed by atoms with Crippen molar-refractivity contribution in [2.75, 3.05) is 11.4 Å². The quantitative estimate of drug-likeness (QED) is 0.502. The largest absolute Gasteiger partial charge is 0.310 e. The minimum absolute atomic E-state index is 0.0444. The number of thioether (sulfide) groups is 1. The van der Waals surface area contributed by atoms with Gasteiger partial charge in [-0.2, -0.15) is 5.26 Å². The Morgan fingerprint density at radius 3 is 2.47 bits per heavy atom. The van der Waals surface area contributed by atoms with E-state index in [1.54, 1.807) is 4.90 Å². The lowest BCUT2D eigenvalue weighted by Gasteiger charge is -2.25. The molecule has 30 heavy (non-hydrogen) atoms. The topological polar surface area (TPSA) is 74.8 Å². The Morgan fingerprint density at radius 2 is 1.83 bits per heavy atom. The maximum absolute atomic E-state index is 13.3. The number of rotatable bonds is 8. The summed E-state index contributed by atoms with van der Waals surface area (Å²) in [5, 5.41) is 18.2. The van der Waals surface area contributed by atoms with Crippen LogP contribution in [0.15, 0.2) is 65.8 Å². The molecule has 0 radical (unpaired) electrons. The van der Waals surface area contributed by atoms with Crippen molar-refractivity contribution < 1.29 is 4.79 Å². The predicted molar refractivity (Wildman–Crippen MR) is 118 cm³/mol. The monoisotopic (exact) mass is 417 g/mol. The summed E-state index contributed by atoms with van der Waals surface area (Å²) in [5.74, 6) is 1.36. The lowest BCUT2D eigenvalue weighted by Crippen LogP contribution is -2.37. The van der Waals surface area contributed by atoms with Gasteiger partial charge in [-0.05, 0) is 44.0 Å². The van der Waals surface area contributed by atoms with Gasteiger partial charge >= 0.3 is 0 Å². The first-order chi connectivity index (χ1) is 14.7. The van der Waals surface area contributed by atoms with Gasteiger partial charge in [-0.3, -0.25) is 9.36 Å². The highest BCUT2D eigenvalue weighted by molar-refractivity contribution is 8.00. The van der Waals surface area contributed by atoms with E-state index < -0.39 is 0 Å². The van der Waals surface area contributed by atoms with Crippen molar-refractivity contribution in [3.63, 3.8) is 0 Å². The average Bonchev–Trinajstić information content (AvgIpc) is 3.55. The molecule has 0 aliphatic heterocycles. The van der Waals surface area contributed by atoms with Crippen molar-refractivity contribution in [3.8, 4) is 11.8 Å². The summed E-state index contributed by atoms with van der Waals surface area (Å²) in [5.41, 5.74) is 1.81. The third-order valence-corrected chi connectivity index (χ3v) is 6.06. The average molecular weight is 418 g/mol. The highest BCUT2D eigenvalue weighted by atomic mass is 32.2. The number of nitrogens with zero attached hydrogens (tertiary/aromatic N) is 5. The van der Waals surface area contributed by atoms with Crippen LogP contribution in [-0.4, -0.2) is 32.5 Å². The van der Waals surface area contributed by atoms with Crippen molar-refractivity contribution in [1.29, 1.82) is 5.26 Å². The highest BCUT2D eigenvalue weighted by Crippen LogP contribution is 2.41. The van der Waals surface area contributed by atoms with Gasteiger partial charge in [0.05, 0.1) is 17.7 Å². The molecule has 7 heteroatoms. The van der Waals surface area contributed by atoms with Gasteiger partial charge in [0.25, 0.3) is 0 Å². The van der Waals surface area contributed by atoms with E-state index in [0.29, 0.717) is 12.5 Å². The Morgan fingerprint density at radius 1 is 1.17 bits per heavy atom. The number of amides is 1. The maximum atomic E-state index is 13.3. The lowest BCUT2D eigenvalue weighted by molar-refractivity contribution is -0.117. The molecular weight excluding hydrogens is 394 g/mol. The Balaban J connectivity index is 1.59. The fourth-order valence-electron chi connectivity index (χ4n) is 3.35. The molecule has 1 amide bonds. The van der Waals surface area contributed by atoms with Crippen molar-refractivity contribution in [3.05, 3.63) is 66.5 Å². The van der Waals surface area contributed by atoms with E-state index in [1.165, 1.54) is 11.8 Å². The number of aromatic nitrogens is 3. The molecule has 6 nitrogen and oxygen atoms in total. The van der Waals surface area contributed by atoms with Crippen LogP contribution in [0.2, 0.25) is 0 Å². The van der Waals surface area contributed by atoms with Crippen LogP contribution in [0, 0.1) is 11.3 Å². The molecule has 1 heterocycles. The minimum atomic E-state index is -0.373. The molecule has 1 aliphatic carbocycles. The highest BCUT2D eigenvalue weighted by Gasteiger charge is 2.32. The van der Waals surface area contributed by atoms with Crippen molar-refractivity contribution in [2.24, 2.45) is 0 Å². The fourth-order valence-corrected chi connectivity index (χ4v) is 4.28. The van der Waals surface area contributed by atoms with Crippen LogP contribution < -0.4 is 4.90 Å². The SMILES string of the molecule is CC(Sc1nnc(C2CC2)n1-c1ccccc1)C(=O)N(CCC#N)c1ccccc1. The molecule has 1 fully saturated rings. The Hall–Kier alpha value is -3.11. The Kier molecular flexibility index (Phi) is 6.15. The zero-order valence-corrected chi connectivity index (χ0v) is 17.6. The summed E-state index contributed by atoms with van der Waals surface area (Å²) in [4.78, 5) is 15.0. The van der Waals surface area contributed by atoms with Gasteiger partial charge in [-0.15, -0.1) is 10.2 Å². The van der Waals surface area contributed by atoms with Gasteiger partial charge in [-0.25, -0.2) is 0 Å². The third-order valence-electron chi connectivity index (χ3n) is 5.03. The molecule has 0 spiro atoms. The van der Waals surface area contributed by atoms with Gasteiger partial charge < -0.3 is 4.90 Å². The summed E-state index contributed by atoms with van der Waals surface area (Å²) < 4.78 is 2.08. The summed E-state index contributed by atoms with van der Waals surface area (Å²) in [6.45, 7) is 2.25. The number of carbonyl (C=O) groups excluding carboxylic acids is 1. The van der Waals surface area contributed by atoms with Gasteiger partial charge in [0, 0.05) is 23.8 Å². The molecule has 2 aromatic carbocycles. The normalized spacial score (nSPS) is 14.1. The molecular formula is C23H23N5OS. The number of anilines is 1. The van der Waals surface area contributed by atoms with Gasteiger partial charge in [0.2, 0.25) is 5.91 Å². The first kappa shape index (κ1) is 20.2. The summed E-state index contributed by atoms with van der Waals surface area (Å²) in [7, 11) is 0. The predicted octanol–water partition coefficient (Wildman–Crippen LogP) is 4.57. The van der Waals surface area contributed by atoms with Gasteiger partial charge in [-0.1, -0.05) is 48.2 Å². The first-order valence-corrected chi connectivity index (χ1v) is 11.0. The molecule has 152 valence electrons. The fraction of sp³-hybridized carbons (Fsp3) is 0.304. The molecule has 1 aliphatic rings. The first-order valence-electron chi connectivity index (χ1n) is 10.1. The standard InChI is InChI=1S/C23H23N5OS/c1-17(22(29)27(16-8-15-24)19-9-4-2-5-10-19)30-23-26-25-21(18-13-14-18)28(23)20-11-6-3-7-12-20/h2-7,9-12,17-18H,8,13-14,16H2,1H3. The molecule has 0 bridgehead atoms. The lowest BCUT2D eigenvalue weighted by atomic mass is 10.2.